The Morgan fingerprint density at radius 3 is 2.77 bits per heavy atom. The van der Waals surface area contributed by atoms with Gasteiger partial charge in [0.25, 0.3) is 0 Å². The van der Waals surface area contributed by atoms with Gasteiger partial charge >= 0.3 is 0 Å². The number of nitrogens with zero attached hydrogens (tertiary/aromatic N) is 6. The van der Waals surface area contributed by atoms with E-state index in [1.807, 2.05) is 28.9 Å². The Hall–Kier alpha value is -3.07. The molecule has 31 heavy (non-hydrogen) atoms. The Balaban J connectivity index is 1.13. The lowest BCUT2D eigenvalue weighted by Crippen LogP contribution is -2.39. The van der Waals surface area contributed by atoms with Crippen LogP contribution in [0.25, 0.3) is 11.5 Å². The fourth-order valence-corrected chi connectivity index (χ4v) is 4.24. The summed E-state index contributed by atoms with van der Waals surface area (Å²) >= 11 is 0. The smallest absolute Gasteiger partial charge is 0.239 e. The van der Waals surface area contributed by atoms with Crippen LogP contribution in [0.15, 0.2) is 41.2 Å². The van der Waals surface area contributed by atoms with Gasteiger partial charge in [0, 0.05) is 18.2 Å². The standard InChI is InChI=1S/C22H27N7O2/c1-15(16-5-6-16)29-19(7-11-24-29)25-20(30)14-28-12-8-17(9-13-28)22-26-21(27-31-22)18-4-2-3-10-23-18/h2-4,7,10-11,15-17H,5-6,8-9,12-14H2,1H3,(H,25,30). The number of carbonyl (C=O) groups excluding carboxylic acids is 1. The Bertz CT molecular complexity index is 1020. The molecule has 0 radical (unpaired) electrons. The summed E-state index contributed by atoms with van der Waals surface area (Å²) in [5.41, 5.74) is 0.710. The van der Waals surface area contributed by atoms with Crippen molar-refractivity contribution in [3.8, 4) is 11.5 Å². The van der Waals surface area contributed by atoms with E-state index in [2.05, 4.69) is 37.4 Å². The van der Waals surface area contributed by atoms with Gasteiger partial charge in [-0.3, -0.25) is 14.7 Å². The molecule has 9 heteroatoms. The minimum absolute atomic E-state index is 0.00146. The monoisotopic (exact) mass is 421 g/mol. The first kappa shape index (κ1) is 19.9. The quantitative estimate of drug-likeness (QED) is 0.625. The highest BCUT2D eigenvalue weighted by molar-refractivity contribution is 5.91. The van der Waals surface area contributed by atoms with Gasteiger partial charge in [0.15, 0.2) is 0 Å². The van der Waals surface area contributed by atoms with Crippen LogP contribution in [0.4, 0.5) is 5.82 Å². The van der Waals surface area contributed by atoms with Crippen LogP contribution in [0.1, 0.15) is 50.5 Å². The van der Waals surface area contributed by atoms with E-state index in [-0.39, 0.29) is 11.8 Å². The zero-order chi connectivity index (χ0) is 21.2. The van der Waals surface area contributed by atoms with Crippen LogP contribution in [-0.2, 0) is 4.79 Å². The number of hydrogen-bond donors (Lipinski definition) is 1. The van der Waals surface area contributed by atoms with Crippen molar-refractivity contribution in [2.45, 2.75) is 44.6 Å². The van der Waals surface area contributed by atoms with E-state index >= 15 is 0 Å². The largest absolute Gasteiger partial charge is 0.339 e. The number of aromatic nitrogens is 5. The normalized spacial score (nSPS) is 18.7. The van der Waals surface area contributed by atoms with Crippen LogP contribution >= 0.6 is 0 Å². The van der Waals surface area contributed by atoms with Crippen LogP contribution in [0.5, 0.6) is 0 Å². The van der Waals surface area contributed by atoms with Crippen molar-refractivity contribution >= 4 is 11.7 Å². The maximum Gasteiger partial charge on any atom is 0.239 e. The topological polar surface area (TPSA) is 102 Å². The van der Waals surface area contributed by atoms with Gasteiger partial charge in [0.1, 0.15) is 11.5 Å². The summed E-state index contributed by atoms with van der Waals surface area (Å²) in [6.45, 7) is 4.18. The molecule has 9 nitrogen and oxygen atoms in total. The molecular formula is C22H27N7O2. The van der Waals surface area contributed by atoms with Crippen LogP contribution < -0.4 is 5.32 Å². The van der Waals surface area contributed by atoms with E-state index < -0.39 is 0 Å². The molecule has 0 spiro atoms. The van der Waals surface area contributed by atoms with E-state index in [0.29, 0.717) is 35.9 Å². The molecule has 1 saturated carbocycles. The highest BCUT2D eigenvalue weighted by Gasteiger charge is 2.31. The van der Waals surface area contributed by atoms with Gasteiger partial charge in [-0.2, -0.15) is 10.1 Å². The summed E-state index contributed by atoms with van der Waals surface area (Å²) in [6, 6.07) is 7.83. The molecule has 2 aliphatic rings. The molecule has 0 bridgehead atoms. The second kappa shape index (κ2) is 8.58. The van der Waals surface area contributed by atoms with Gasteiger partial charge in [-0.05, 0) is 63.7 Å². The van der Waals surface area contributed by atoms with Crippen molar-refractivity contribution in [3.63, 3.8) is 0 Å². The zero-order valence-electron chi connectivity index (χ0n) is 17.6. The van der Waals surface area contributed by atoms with Crippen LogP contribution in [0.2, 0.25) is 0 Å². The first-order chi connectivity index (χ1) is 15.2. The Kier molecular flexibility index (Phi) is 5.50. The lowest BCUT2D eigenvalue weighted by Gasteiger charge is -2.29. The fraction of sp³-hybridized carbons (Fsp3) is 0.500. The van der Waals surface area contributed by atoms with Crippen molar-refractivity contribution in [2.24, 2.45) is 5.92 Å². The predicted molar refractivity (Wildman–Crippen MR) is 114 cm³/mol. The van der Waals surface area contributed by atoms with Crippen molar-refractivity contribution in [1.29, 1.82) is 0 Å². The summed E-state index contributed by atoms with van der Waals surface area (Å²) in [5.74, 6) is 2.85. The number of anilines is 1. The molecule has 1 amide bonds. The third-order valence-corrected chi connectivity index (χ3v) is 6.27. The lowest BCUT2D eigenvalue weighted by atomic mass is 9.97. The van der Waals surface area contributed by atoms with Crippen molar-refractivity contribution in [1.82, 2.24) is 29.8 Å². The maximum atomic E-state index is 12.6. The molecule has 4 heterocycles. The summed E-state index contributed by atoms with van der Waals surface area (Å²) < 4.78 is 7.44. The number of carbonyl (C=O) groups is 1. The average molecular weight is 422 g/mol. The molecular weight excluding hydrogens is 394 g/mol. The fourth-order valence-electron chi connectivity index (χ4n) is 4.24. The van der Waals surface area contributed by atoms with E-state index in [4.69, 9.17) is 4.52 Å². The first-order valence-electron chi connectivity index (χ1n) is 11.0. The van der Waals surface area contributed by atoms with Crippen LogP contribution in [0.3, 0.4) is 0 Å². The number of amides is 1. The number of rotatable bonds is 7. The Labute approximate surface area is 180 Å². The molecule has 3 aromatic rings. The third-order valence-electron chi connectivity index (χ3n) is 6.27. The molecule has 1 atom stereocenters. The molecule has 3 aromatic heterocycles. The van der Waals surface area contributed by atoms with Gasteiger partial charge < -0.3 is 9.84 Å². The van der Waals surface area contributed by atoms with E-state index in [1.54, 1.807) is 12.4 Å². The molecule has 1 saturated heterocycles. The van der Waals surface area contributed by atoms with Gasteiger partial charge in [-0.25, -0.2) is 4.68 Å². The first-order valence-corrected chi connectivity index (χ1v) is 11.0. The van der Waals surface area contributed by atoms with Crippen molar-refractivity contribution < 1.29 is 9.32 Å². The minimum atomic E-state index is -0.00146. The molecule has 1 N–H and O–H groups in total. The lowest BCUT2D eigenvalue weighted by molar-refractivity contribution is -0.117. The van der Waals surface area contributed by atoms with Crippen LogP contribution in [0, 0.1) is 5.92 Å². The van der Waals surface area contributed by atoms with Gasteiger partial charge in [-0.1, -0.05) is 11.2 Å². The number of piperidine rings is 1. The number of pyridine rings is 1. The number of likely N-dealkylation sites (tertiary alicyclic amines) is 1. The molecule has 2 fully saturated rings. The minimum Gasteiger partial charge on any atom is -0.339 e. The van der Waals surface area contributed by atoms with Crippen molar-refractivity contribution in [2.75, 3.05) is 25.0 Å². The molecule has 0 aromatic carbocycles. The second-order valence-corrected chi connectivity index (χ2v) is 8.51. The maximum absolute atomic E-state index is 12.6. The second-order valence-electron chi connectivity index (χ2n) is 8.51. The zero-order valence-corrected chi connectivity index (χ0v) is 17.6. The number of hydrogen-bond acceptors (Lipinski definition) is 7. The highest BCUT2D eigenvalue weighted by atomic mass is 16.5. The van der Waals surface area contributed by atoms with Gasteiger partial charge in [-0.15, -0.1) is 0 Å². The third kappa shape index (κ3) is 4.51. The molecule has 1 aliphatic heterocycles. The Morgan fingerprint density at radius 2 is 2.03 bits per heavy atom. The molecule has 162 valence electrons. The molecule has 1 unspecified atom stereocenters. The Morgan fingerprint density at radius 1 is 1.19 bits per heavy atom. The molecule has 1 aliphatic carbocycles. The molecule has 5 rings (SSSR count). The highest BCUT2D eigenvalue weighted by Crippen LogP contribution is 2.40. The van der Waals surface area contributed by atoms with E-state index in [1.165, 1.54) is 12.8 Å². The van der Waals surface area contributed by atoms with Crippen molar-refractivity contribution in [3.05, 3.63) is 42.5 Å². The van der Waals surface area contributed by atoms with Gasteiger partial charge in [0.05, 0.1) is 18.8 Å². The summed E-state index contributed by atoms with van der Waals surface area (Å²) in [5, 5.41) is 11.5. The number of nitrogens with one attached hydrogen (secondary N) is 1. The van der Waals surface area contributed by atoms with E-state index in [9.17, 15) is 4.79 Å². The van der Waals surface area contributed by atoms with E-state index in [0.717, 1.165) is 31.7 Å². The van der Waals surface area contributed by atoms with Crippen LogP contribution in [-0.4, -0.2) is 55.3 Å². The average Bonchev–Trinajstić information content (AvgIpc) is 3.35. The summed E-state index contributed by atoms with van der Waals surface area (Å²) in [4.78, 5) is 23.6. The SMILES string of the molecule is CC(C1CC1)n1nccc1NC(=O)CN1CCC(c2nc(-c3ccccn3)no2)CC1. The predicted octanol–water partition coefficient (Wildman–Crippen LogP) is 3.12. The summed E-state index contributed by atoms with van der Waals surface area (Å²) in [7, 11) is 0. The van der Waals surface area contributed by atoms with Gasteiger partial charge in [0.2, 0.25) is 17.6 Å². The summed E-state index contributed by atoms with van der Waals surface area (Å²) in [6.07, 6.45) is 7.72.